The van der Waals surface area contributed by atoms with Crippen LogP contribution in [0.4, 0.5) is 0 Å². The van der Waals surface area contributed by atoms with Gasteiger partial charge >= 0.3 is 0 Å². The minimum Gasteiger partial charge on any atom is -0.0770 e. The van der Waals surface area contributed by atoms with Crippen molar-refractivity contribution in [3.05, 3.63) is 11.1 Å². The summed E-state index contributed by atoms with van der Waals surface area (Å²) in [6, 6.07) is 0. The summed E-state index contributed by atoms with van der Waals surface area (Å²) in [4.78, 5) is 0. The monoisotopic (exact) mass is 127 g/mol. The SMILES string of the molecule is CC(C)=[13C](C)C(C)(C)C. The van der Waals surface area contributed by atoms with Crippen molar-refractivity contribution >= 4 is 0 Å². The highest BCUT2D eigenvalue weighted by Crippen LogP contribution is 2.26. The van der Waals surface area contributed by atoms with Gasteiger partial charge in [0.15, 0.2) is 0 Å². The van der Waals surface area contributed by atoms with Crippen molar-refractivity contribution in [1.29, 1.82) is 0 Å². The van der Waals surface area contributed by atoms with Gasteiger partial charge in [-0.1, -0.05) is 31.9 Å². The van der Waals surface area contributed by atoms with Crippen LogP contribution in [0.3, 0.4) is 0 Å². The second kappa shape index (κ2) is 2.55. The standard InChI is InChI=1S/C9H18/c1-7(2)8(3)9(4,5)6/h1-6H3/i8+1. The molecule has 0 N–H and O–H groups in total. The molecule has 0 heteroatoms. The zero-order valence-electron chi connectivity index (χ0n) is 7.50. The summed E-state index contributed by atoms with van der Waals surface area (Å²) in [6.45, 7) is 13.3. The van der Waals surface area contributed by atoms with Gasteiger partial charge in [-0.05, 0) is 26.2 Å². The summed E-state index contributed by atoms with van der Waals surface area (Å²) in [7, 11) is 0. The van der Waals surface area contributed by atoms with Crippen LogP contribution in [0.25, 0.3) is 0 Å². The molecule has 0 aliphatic heterocycles. The lowest BCUT2D eigenvalue weighted by molar-refractivity contribution is 0.498. The molecule has 0 heterocycles. The normalized spacial score (nSPS) is 11.3. The highest BCUT2D eigenvalue weighted by atomic mass is 14.5. The lowest BCUT2D eigenvalue weighted by atomic mass is 10.0. The number of allylic oxidation sites excluding steroid dienone is 2. The molecule has 0 aromatic heterocycles. The lowest BCUT2D eigenvalue weighted by Crippen LogP contribution is -2.07. The molecule has 0 spiro atoms. The van der Waals surface area contributed by atoms with E-state index in [1.807, 2.05) is 0 Å². The first-order valence-electron chi connectivity index (χ1n) is 3.50. The van der Waals surface area contributed by atoms with E-state index in [9.17, 15) is 0 Å². The molecule has 0 radical (unpaired) electrons. The molecule has 0 aromatic rings. The third-order valence-corrected chi connectivity index (χ3v) is 1.88. The van der Waals surface area contributed by atoms with Crippen molar-refractivity contribution in [2.45, 2.75) is 41.5 Å². The predicted molar refractivity (Wildman–Crippen MR) is 43.5 cm³/mol. The summed E-state index contributed by atoms with van der Waals surface area (Å²) in [5, 5.41) is 0. The fourth-order valence-electron chi connectivity index (χ4n) is 0.750. The van der Waals surface area contributed by atoms with Gasteiger partial charge in [-0.2, -0.15) is 0 Å². The average molecular weight is 127 g/mol. The molecule has 54 valence electrons. The minimum atomic E-state index is 0.360. The molecule has 0 bridgehead atoms. The Balaban J connectivity index is 4.40. The summed E-state index contributed by atoms with van der Waals surface area (Å²) in [5.74, 6) is 0. The summed E-state index contributed by atoms with van der Waals surface area (Å²) >= 11 is 0. The maximum atomic E-state index is 2.25. The second-order valence-corrected chi connectivity index (χ2v) is 3.88. The zero-order chi connectivity index (χ0) is 7.65. The highest BCUT2D eigenvalue weighted by Gasteiger charge is 2.12. The molecule has 0 amide bonds. The second-order valence-electron chi connectivity index (χ2n) is 3.88. The molecule has 0 saturated heterocycles. The zero-order valence-corrected chi connectivity index (χ0v) is 7.50. The molecule has 0 fully saturated rings. The van der Waals surface area contributed by atoms with Crippen molar-refractivity contribution in [2.75, 3.05) is 0 Å². The van der Waals surface area contributed by atoms with Gasteiger partial charge in [0.2, 0.25) is 0 Å². The van der Waals surface area contributed by atoms with E-state index in [1.165, 1.54) is 11.1 Å². The van der Waals surface area contributed by atoms with Gasteiger partial charge in [0.1, 0.15) is 0 Å². The Bertz CT molecular complexity index is 117. The third-order valence-electron chi connectivity index (χ3n) is 1.88. The third kappa shape index (κ3) is 2.69. The van der Waals surface area contributed by atoms with Crippen molar-refractivity contribution in [3.63, 3.8) is 0 Å². The smallest absolute Gasteiger partial charge is 0.0173 e. The molecule has 0 unspecified atom stereocenters. The minimum absolute atomic E-state index is 0.360. The maximum absolute atomic E-state index is 2.25. The molecule has 0 atom stereocenters. The van der Waals surface area contributed by atoms with Gasteiger partial charge in [-0.15, -0.1) is 0 Å². The molecule has 0 aromatic carbocycles. The largest absolute Gasteiger partial charge is 0.0770 e. The molecular formula is C9H18. The molecule has 0 nitrogen and oxygen atoms in total. The van der Waals surface area contributed by atoms with Crippen molar-refractivity contribution in [2.24, 2.45) is 5.41 Å². The summed E-state index contributed by atoms with van der Waals surface area (Å²) < 4.78 is 0. The Hall–Kier alpha value is -0.260. The van der Waals surface area contributed by atoms with Crippen LogP contribution in [0.2, 0.25) is 0 Å². The van der Waals surface area contributed by atoms with Gasteiger partial charge in [-0.3, -0.25) is 0 Å². The Morgan fingerprint density at radius 1 is 0.889 bits per heavy atom. The van der Waals surface area contributed by atoms with E-state index in [0.29, 0.717) is 5.41 Å². The first-order valence-corrected chi connectivity index (χ1v) is 3.50. The first-order chi connectivity index (χ1) is 3.85. The van der Waals surface area contributed by atoms with Crippen molar-refractivity contribution < 1.29 is 0 Å². The number of rotatable bonds is 0. The van der Waals surface area contributed by atoms with Crippen LogP contribution in [0.1, 0.15) is 41.5 Å². The van der Waals surface area contributed by atoms with Gasteiger partial charge in [0.25, 0.3) is 0 Å². The Morgan fingerprint density at radius 3 is 1.22 bits per heavy atom. The number of hydrogen-bond donors (Lipinski definition) is 0. The van der Waals surface area contributed by atoms with Crippen LogP contribution in [0.15, 0.2) is 11.1 Å². The van der Waals surface area contributed by atoms with Crippen LogP contribution < -0.4 is 0 Å². The fraction of sp³-hybridized carbons (Fsp3) is 0.778. The van der Waals surface area contributed by atoms with Crippen molar-refractivity contribution in [1.82, 2.24) is 0 Å². The molecule has 0 aliphatic rings. The van der Waals surface area contributed by atoms with E-state index in [-0.39, 0.29) is 0 Å². The Kier molecular flexibility index (Phi) is 2.48. The van der Waals surface area contributed by atoms with Gasteiger partial charge in [0, 0.05) is 0 Å². The van der Waals surface area contributed by atoms with Crippen LogP contribution in [0, 0.1) is 5.41 Å². The molecule has 9 heavy (non-hydrogen) atoms. The number of hydrogen-bond acceptors (Lipinski definition) is 0. The maximum Gasteiger partial charge on any atom is -0.0173 e. The van der Waals surface area contributed by atoms with Crippen LogP contribution >= 0.6 is 0 Å². The molecule has 0 saturated carbocycles. The van der Waals surface area contributed by atoms with Gasteiger partial charge in [-0.25, -0.2) is 0 Å². The Labute approximate surface area is 59.0 Å². The van der Waals surface area contributed by atoms with E-state index in [0.717, 1.165) is 0 Å². The van der Waals surface area contributed by atoms with Crippen LogP contribution in [-0.4, -0.2) is 0 Å². The van der Waals surface area contributed by atoms with Gasteiger partial charge < -0.3 is 0 Å². The molecule has 0 rings (SSSR count). The first kappa shape index (κ1) is 8.74. The van der Waals surface area contributed by atoms with E-state index >= 15 is 0 Å². The van der Waals surface area contributed by atoms with Crippen molar-refractivity contribution in [3.8, 4) is 0 Å². The predicted octanol–water partition coefficient (Wildman–Crippen LogP) is 3.39. The van der Waals surface area contributed by atoms with E-state index < -0.39 is 0 Å². The fourth-order valence-corrected chi connectivity index (χ4v) is 0.750. The van der Waals surface area contributed by atoms with E-state index in [1.54, 1.807) is 0 Å². The molecule has 0 aliphatic carbocycles. The average Bonchev–Trinajstić information content (AvgIpc) is 1.62. The summed E-state index contributed by atoms with van der Waals surface area (Å²) in [6.07, 6.45) is 0. The van der Waals surface area contributed by atoms with E-state index in [2.05, 4.69) is 41.5 Å². The Morgan fingerprint density at radius 2 is 1.22 bits per heavy atom. The van der Waals surface area contributed by atoms with Gasteiger partial charge in [0.05, 0.1) is 0 Å². The molecular weight excluding hydrogens is 109 g/mol. The van der Waals surface area contributed by atoms with Crippen LogP contribution in [0.5, 0.6) is 0 Å². The quantitative estimate of drug-likeness (QED) is 0.345. The lowest BCUT2D eigenvalue weighted by Gasteiger charge is -2.20. The van der Waals surface area contributed by atoms with Crippen LogP contribution in [-0.2, 0) is 0 Å². The van der Waals surface area contributed by atoms with E-state index in [4.69, 9.17) is 0 Å². The highest BCUT2D eigenvalue weighted by molar-refractivity contribution is 5.13. The topological polar surface area (TPSA) is 0 Å². The summed E-state index contributed by atoms with van der Waals surface area (Å²) in [5.41, 5.74) is 3.31.